The smallest absolute Gasteiger partial charge is 0.341 e. The standard InChI is InChI=1S/C13H13NO4/c1-18-6-5-8-3-2-4-9-11(8)14-7-10(12(9)15)13(16)17/h2-4,7H,5-6H2,1H3,(H,14,15)(H,16,17). The second kappa shape index (κ2) is 5.01. The number of H-pyrrole nitrogens is 1. The summed E-state index contributed by atoms with van der Waals surface area (Å²) >= 11 is 0. The highest BCUT2D eigenvalue weighted by Gasteiger charge is 2.12. The molecule has 1 aromatic carbocycles. The molecule has 0 atom stereocenters. The van der Waals surface area contributed by atoms with E-state index in [4.69, 9.17) is 9.84 Å². The first-order valence-electron chi connectivity index (χ1n) is 5.50. The Balaban J connectivity index is 2.63. The zero-order chi connectivity index (χ0) is 13.1. The maximum atomic E-state index is 12.0. The molecule has 1 heterocycles. The predicted octanol–water partition coefficient (Wildman–Crippen LogP) is 1.42. The van der Waals surface area contributed by atoms with Crippen molar-refractivity contribution in [3.05, 3.63) is 45.7 Å². The molecular weight excluding hydrogens is 234 g/mol. The van der Waals surface area contributed by atoms with Gasteiger partial charge >= 0.3 is 5.97 Å². The Kier molecular flexibility index (Phi) is 3.43. The molecule has 0 aliphatic heterocycles. The molecule has 0 bridgehead atoms. The predicted molar refractivity (Wildman–Crippen MR) is 67.1 cm³/mol. The van der Waals surface area contributed by atoms with Gasteiger partial charge in [0.2, 0.25) is 5.43 Å². The van der Waals surface area contributed by atoms with Crippen LogP contribution in [-0.4, -0.2) is 29.8 Å². The molecule has 5 heteroatoms. The van der Waals surface area contributed by atoms with Gasteiger partial charge in [0.1, 0.15) is 5.56 Å². The molecule has 0 saturated heterocycles. The highest BCUT2D eigenvalue weighted by atomic mass is 16.5. The van der Waals surface area contributed by atoms with Gasteiger partial charge in [-0.2, -0.15) is 0 Å². The van der Waals surface area contributed by atoms with Crippen molar-refractivity contribution >= 4 is 16.9 Å². The minimum absolute atomic E-state index is 0.244. The summed E-state index contributed by atoms with van der Waals surface area (Å²) in [5.41, 5.74) is 0.898. The average molecular weight is 247 g/mol. The van der Waals surface area contributed by atoms with Crippen molar-refractivity contribution in [2.75, 3.05) is 13.7 Å². The minimum atomic E-state index is -1.22. The van der Waals surface area contributed by atoms with Crippen molar-refractivity contribution < 1.29 is 14.6 Å². The SMILES string of the molecule is COCCc1cccc2c(=O)c(C(=O)O)c[nH]c12. The first-order chi connectivity index (χ1) is 8.65. The number of para-hydroxylation sites is 1. The molecule has 0 spiro atoms. The zero-order valence-electron chi connectivity index (χ0n) is 9.90. The summed E-state index contributed by atoms with van der Waals surface area (Å²) in [6.07, 6.45) is 1.90. The molecule has 0 radical (unpaired) electrons. The van der Waals surface area contributed by atoms with Crippen molar-refractivity contribution in [1.82, 2.24) is 4.98 Å². The van der Waals surface area contributed by atoms with Gasteiger partial charge in [-0.25, -0.2) is 4.79 Å². The number of ether oxygens (including phenoxy) is 1. The quantitative estimate of drug-likeness (QED) is 0.856. The van der Waals surface area contributed by atoms with E-state index >= 15 is 0 Å². The van der Waals surface area contributed by atoms with Gasteiger partial charge in [-0.1, -0.05) is 12.1 Å². The molecule has 5 nitrogen and oxygen atoms in total. The number of carbonyl (C=O) groups is 1. The molecular formula is C13H13NO4. The van der Waals surface area contributed by atoms with Gasteiger partial charge in [0.15, 0.2) is 0 Å². The third-order valence-electron chi connectivity index (χ3n) is 2.81. The molecule has 2 rings (SSSR count). The van der Waals surface area contributed by atoms with Crippen LogP contribution in [0.1, 0.15) is 15.9 Å². The summed E-state index contributed by atoms with van der Waals surface area (Å²) in [7, 11) is 1.61. The lowest BCUT2D eigenvalue weighted by molar-refractivity contribution is 0.0695. The Morgan fingerprint density at radius 3 is 2.89 bits per heavy atom. The lowest BCUT2D eigenvalue weighted by atomic mass is 10.1. The third kappa shape index (κ3) is 2.12. The number of aromatic carboxylic acids is 1. The number of hydrogen-bond acceptors (Lipinski definition) is 3. The van der Waals surface area contributed by atoms with Crippen LogP contribution in [0.25, 0.3) is 10.9 Å². The molecule has 0 aliphatic rings. The number of aromatic amines is 1. The number of nitrogens with one attached hydrogen (secondary N) is 1. The van der Waals surface area contributed by atoms with Crippen molar-refractivity contribution in [1.29, 1.82) is 0 Å². The summed E-state index contributed by atoms with van der Waals surface area (Å²) in [5.74, 6) is -1.22. The van der Waals surface area contributed by atoms with E-state index in [-0.39, 0.29) is 5.56 Å². The number of rotatable bonds is 4. The van der Waals surface area contributed by atoms with E-state index in [2.05, 4.69) is 4.98 Å². The van der Waals surface area contributed by atoms with Crippen molar-refractivity contribution in [2.45, 2.75) is 6.42 Å². The Morgan fingerprint density at radius 2 is 2.22 bits per heavy atom. The number of fused-ring (bicyclic) bond motifs is 1. The minimum Gasteiger partial charge on any atom is -0.477 e. The average Bonchev–Trinajstić information content (AvgIpc) is 2.36. The maximum absolute atomic E-state index is 12.0. The first-order valence-corrected chi connectivity index (χ1v) is 5.50. The Bertz CT molecular complexity index is 645. The van der Waals surface area contributed by atoms with Crippen LogP contribution in [0.15, 0.2) is 29.2 Å². The lowest BCUT2D eigenvalue weighted by Gasteiger charge is -2.06. The van der Waals surface area contributed by atoms with Crippen molar-refractivity contribution in [3.63, 3.8) is 0 Å². The number of benzene rings is 1. The summed E-state index contributed by atoms with van der Waals surface area (Å²) < 4.78 is 5.00. The monoisotopic (exact) mass is 247 g/mol. The van der Waals surface area contributed by atoms with E-state index in [0.29, 0.717) is 23.9 Å². The zero-order valence-corrected chi connectivity index (χ0v) is 9.90. The molecule has 94 valence electrons. The van der Waals surface area contributed by atoms with Crippen molar-refractivity contribution in [2.24, 2.45) is 0 Å². The van der Waals surface area contributed by atoms with Crippen molar-refractivity contribution in [3.8, 4) is 0 Å². The number of pyridine rings is 1. The third-order valence-corrected chi connectivity index (χ3v) is 2.81. The number of carboxylic acid groups (broad SMARTS) is 1. The molecule has 0 fully saturated rings. The van der Waals surface area contributed by atoms with Crippen LogP contribution in [0.4, 0.5) is 0 Å². The number of carboxylic acids is 1. The second-order valence-corrected chi connectivity index (χ2v) is 3.92. The van der Waals surface area contributed by atoms with E-state index < -0.39 is 11.4 Å². The number of aromatic nitrogens is 1. The fourth-order valence-electron chi connectivity index (χ4n) is 1.89. The van der Waals surface area contributed by atoms with E-state index in [9.17, 15) is 9.59 Å². The molecule has 0 aliphatic carbocycles. The van der Waals surface area contributed by atoms with Gasteiger partial charge in [-0.15, -0.1) is 0 Å². The van der Waals surface area contributed by atoms with E-state index in [1.165, 1.54) is 6.20 Å². The Hall–Kier alpha value is -2.14. The summed E-state index contributed by atoms with van der Waals surface area (Å²) in [5, 5.41) is 9.29. The molecule has 0 saturated carbocycles. The van der Waals surface area contributed by atoms with E-state index in [1.54, 1.807) is 19.2 Å². The first kappa shape index (κ1) is 12.3. The van der Waals surface area contributed by atoms with Crippen LogP contribution in [-0.2, 0) is 11.2 Å². The number of methoxy groups -OCH3 is 1. The fourth-order valence-corrected chi connectivity index (χ4v) is 1.89. The highest BCUT2D eigenvalue weighted by molar-refractivity contribution is 5.93. The van der Waals surface area contributed by atoms with Crippen LogP contribution < -0.4 is 5.43 Å². The van der Waals surface area contributed by atoms with Gasteiger partial charge in [0.25, 0.3) is 0 Å². The van der Waals surface area contributed by atoms with Crippen LogP contribution in [0.3, 0.4) is 0 Å². The van der Waals surface area contributed by atoms with Gasteiger partial charge in [0, 0.05) is 18.7 Å². The van der Waals surface area contributed by atoms with Gasteiger partial charge in [-0.3, -0.25) is 4.79 Å². The van der Waals surface area contributed by atoms with Gasteiger partial charge in [-0.05, 0) is 18.1 Å². The second-order valence-electron chi connectivity index (χ2n) is 3.92. The summed E-state index contributed by atoms with van der Waals surface area (Å²) in [6.45, 7) is 0.543. The molecule has 18 heavy (non-hydrogen) atoms. The fraction of sp³-hybridized carbons (Fsp3) is 0.231. The Labute approximate surface area is 103 Å². The molecule has 2 N–H and O–H groups in total. The number of hydrogen-bond donors (Lipinski definition) is 2. The van der Waals surface area contributed by atoms with Gasteiger partial charge < -0.3 is 14.8 Å². The maximum Gasteiger partial charge on any atom is 0.341 e. The molecule has 2 aromatic rings. The van der Waals surface area contributed by atoms with Crippen LogP contribution in [0, 0.1) is 0 Å². The Morgan fingerprint density at radius 1 is 1.44 bits per heavy atom. The normalized spacial score (nSPS) is 10.7. The topological polar surface area (TPSA) is 79.4 Å². The van der Waals surface area contributed by atoms with Gasteiger partial charge in [0.05, 0.1) is 12.1 Å². The van der Waals surface area contributed by atoms with Crippen LogP contribution in [0.5, 0.6) is 0 Å². The molecule has 0 unspecified atom stereocenters. The van der Waals surface area contributed by atoms with Crippen LogP contribution in [0.2, 0.25) is 0 Å². The van der Waals surface area contributed by atoms with E-state index in [0.717, 1.165) is 5.56 Å². The highest BCUT2D eigenvalue weighted by Crippen LogP contribution is 2.14. The van der Waals surface area contributed by atoms with Crippen LogP contribution >= 0.6 is 0 Å². The summed E-state index contributed by atoms with van der Waals surface area (Å²) in [4.78, 5) is 25.7. The summed E-state index contributed by atoms with van der Waals surface area (Å²) in [6, 6.07) is 5.25. The van der Waals surface area contributed by atoms with E-state index in [1.807, 2.05) is 6.07 Å². The molecule has 1 aromatic heterocycles. The lowest BCUT2D eigenvalue weighted by Crippen LogP contribution is -2.15. The largest absolute Gasteiger partial charge is 0.477 e. The molecule has 0 amide bonds.